The first kappa shape index (κ1) is 22.1. The quantitative estimate of drug-likeness (QED) is 0.286. The molecule has 3 aromatic rings. The van der Waals surface area contributed by atoms with Crippen LogP contribution in [0.15, 0.2) is 54.6 Å². The Morgan fingerprint density at radius 1 is 0.929 bits per heavy atom. The molecule has 0 aromatic heterocycles. The largest absolute Gasteiger partial charge is 0.522 e. The molecular weight excluding hydrogens is 397 g/mol. The second-order valence-electron chi connectivity index (χ2n) is 5.76. The molecule has 0 aliphatic carbocycles. The number of benzene rings is 3. The summed E-state index contributed by atoms with van der Waals surface area (Å²) in [6.45, 7) is 1.86. The van der Waals surface area contributed by atoms with E-state index in [0.29, 0.717) is 19.8 Å². The summed E-state index contributed by atoms with van der Waals surface area (Å²) in [5, 5.41) is 5.06. The van der Waals surface area contributed by atoms with Gasteiger partial charge in [-0.25, -0.2) is 0 Å². The van der Waals surface area contributed by atoms with Crippen LogP contribution in [0.4, 0.5) is 13.2 Å². The van der Waals surface area contributed by atoms with E-state index in [9.17, 15) is 13.2 Å². The van der Waals surface area contributed by atoms with Crippen molar-refractivity contribution in [1.82, 2.24) is 0 Å². The lowest BCUT2D eigenvalue weighted by Crippen LogP contribution is -2.21. The van der Waals surface area contributed by atoms with E-state index >= 15 is 0 Å². The van der Waals surface area contributed by atoms with Crippen LogP contribution in [0.2, 0.25) is 0 Å². The van der Waals surface area contributed by atoms with Gasteiger partial charge >= 0.3 is 15.6 Å². The summed E-state index contributed by atoms with van der Waals surface area (Å²) < 4.78 is 68.3. The van der Waals surface area contributed by atoms with Gasteiger partial charge in [0.1, 0.15) is 0 Å². The molecule has 152 valence electrons. The maximum Gasteiger partial charge on any atom is 0.522 e. The molecule has 3 rings (SSSR count). The number of methoxy groups -OCH3 is 1. The zero-order valence-corrected chi connectivity index (χ0v) is 15.8. The summed E-state index contributed by atoms with van der Waals surface area (Å²) in [6.07, 6.45) is 0. The van der Waals surface area contributed by atoms with Crippen LogP contribution in [0.5, 0.6) is 0 Å². The summed E-state index contributed by atoms with van der Waals surface area (Å²) in [5.41, 5.74) is -4.28. The first-order valence-electron chi connectivity index (χ1n) is 8.15. The van der Waals surface area contributed by atoms with Crippen molar-refractivity contribution in [3.05, 3.63) is 60.2 Å². The summed E-state index contributed by atoms with van der Waals surface area (Å²) in [6, 6.07) is 19.2. The Morgan fingerprint density at radius 3 is 1.82 bits per heavy atom. The van der Waals surface area contributed by atoms with Crippen molar-refractivity contribution in [3.8, 4) is 0 Å². The molecule has 9 heteroatoms. The van der Waals surface area contributed by atoms with Crippen LogP contribution in [0, 0.1) is 0 Å². The number of hydrogen-bond donors (Lipinski definition) is 1. The zero-order valence-electron chi connectivity index (χ0n) is 14.9. The molecule has 28 heavy (non-hydrogen) atoms. The predicted octanol–water partition coefficient (Wildman–Crippen LogP) is 4.55. The van der Waals surface area contributed by atoms with Gasteiger partial charge in [0.25, 0.3) is 0 Å². The molecule has 0 bridgehead atoms. The van der Waals surface area contributed by atoms with Gasteiger partial charge in [-0.15, -0.1) is 0 Å². The van der Waals surface area contributed by atoms with Gasteiger partial charge in [0.05, 0.1) is 19.8 Å². The summed E-state index contributed by atoms with van der Waals surface area (Å²) in [5.74, 6) is 0. The third-order valence-electron chi connectivity index (χ3n) is 3.85. The monoisotopic (exact) mass is 416 g/mol. The Hall–Kier alpha value is -2.20. The van der Waals surface area contributed by atoms with Crippen molar-refractivity contribution >= 4 is 31.7 Å². The van der Waals surface area contributed by atoms with Crippen molar-refractivity contribution in [3.63, 3.8) is 0 Å². The molecule has 0 aliphatic heterocycles. The van der Waals surface area contributed by atoms with Crippen LogP contribution in [0.1, 0.15) is 5.56 Å². The Morgan fingerprint density at radius 2 is 1.39 bits per heavy atom. The molecule has 0 amide bonds. The van der Waals surface area contributed by atoms with E-state index < -0.39 is 15.6 Å². The van der Waals surface area contributed by atoms with E-state index in [1.807, 2.05) is 0 Å². The molecule has 0 spiro atoms. The van der Waals surface area contributed by atoms with E-state index in [2.05, 4.69) is 54.6 Å². The second-order valence-corrected chi connectivity index (χ2v) is 7.18. The molecule has 0 radical (unpaired) electrons. The van der Waals surface area contributed by atoms with E-state index in [0.717, 1.165) is 0 Å². The van der Waals surface area contributed by atoms with Gasteiger partial charge in [-0.2, -0.15) is 21.6 Å². The molecule has 0 heterocycles. The van der Waals surface area contributed by atoms with Crippen molar-refractivity contribution in [2.24, 2.45) is 0 Å². The third-order valence-corrected chi connectivity index (χ3v) is 4.44. The average Bonchev–Trinajstić information content (AvgIpc) is 2.63. The van der Waals surface area contributed by atoms with Crippen LogP contribution in [0.3, 0.4) is 0 Å². The van der Waals surface area contributed by atoms with Crippen LogP contribution in [0.25, 0.3) is 21.5 Å². The standard InChI is InChI=1S/C18H18O2.CHF3O3S/c1-19-10-11-20-13-18-16-8-4-2-6-14(16)12-15-7-3-5-9-17(15)18;2-1(3,4)8(5,6)7/h2-9,12H,10-11,13H2,1H3;(H,5,6,7). The minimum Gasteiger partial charge on any atom is -0.382 e. The highest BCUT2D eigenvalue weighted by Crippen LogP contribution is 2.29. The Bertz CT molecular complexity index is 979. The van der Waals surface area contributed by atoms with Gasteiger partial charge in [0.2, 0.25) is 0 Å². The smallest absolute Gasteiger partial charge is 0.382 e. The zero-order chi connectivity index (χ0) is 20.8. The van der Waals surface area contributed by atoms with Gasteiger partial charge < -0.3 is 9.47 Å². The van der Waals surface area contributed by atoms with Crippen molar-refractivity contribution in [1.29, 1.82) is 0 Å². The Balaban J connectivity index is 0.000000300. The molecule has 0 atom stereocenters. The van der Waals surface area contributed by atoms with E-state index in [1.165, 1.54) is 27.1 Å². The van der Waals surface area contributed by atoms with Crippen LogP contribution >= 0.6 is 0 Å². The first-order chi connectivity index (χ1) is 13.1. The lowest BCUT2D eigenvalue weighted by molar-refractivity contribution is -0.0510. The fourth-order valence-corrected chi connectivity index (χ4v) is 2.58. The normalized spacial score (nSPS) is 12.0. The molecule has 0 saturated carbocycles. The fourth-order valence-electron chi connectivity index (χ4n) is 2.58. The number of halogens is 3. The van der Waals surface area contributed by atoms with Gasteiger partial charge in [0, 0.05) is 7.11 Å². The molecule has 0 fully saturated rings. The van der Waals surface area contributed by atoms with Crippen LogP contribution in [-0.2, 0) is 26.2 Å². The van der Waals surface area contributed by atoms with Crippen LogP contribution < -0.4 is 0 Å². The average molecular weight is 416 g/mol. The van der Waals surface area contributed by atoms with Gasteiger partial charge in [-0.1, -0.05) is 48.5 Å². The Labute approximate surface area is 160 Å². The minimum absolute atomic E-state index is 0.616. The number of rotatable bonds is 5. The SMILES string of the molecule is COCCOCc1c2ccccc2cc2ccccc12.O=S(=O)(O)C(F)(F)F. The fraction of sp³-hybridized carbons (Fsp3) is 0.263. The summed E-state index contributed by atoms with van der Waals surface area (Å²) in [4.78, 5) is 0. The van der Waals surface area contributed by atoms with Crippen molar-refractivity contribution < 1.29 is 35.6 Å². The number of hydrogen-bond acceptors (Lipinski definition) is 4. The highest BCUT2D eigenvalue weighted by Gasteiger charge is 2.44. The number of ether oxygens (including phenoxy) is 2. The molecule has 0 aliphatic rings. The maximum atomic E-state index is 10.7. The van der Waals surface area contributed by atoms with Crippen molar-refractivity contribution in [2.45, 2.75) is 12.1 Å². The highest BCUT2D eigenvalue weighted by atomic mass is 32.2. The molecule has 1 N–H and O–H groups in total. The predicted molar refractivity (Wildman–Crippen MR) is 101 cm³/mol. The molecule has 0 unspecified atom stereocenters. The number of fused-ring (bicyclic) bond motifs is 2. The van der Waals surface area contributed by atoms with Crippen molar-refractivity contribution in [2.75, 3.05) is 20.3 Å². The molecule has 5 nitrogen and oxygen atoms in total. The lowest BCUT2D eigenvalue weighted by Gasteiger charge is -2.12. The molecule has 3 aromatic carbocycles. The van der Waals surface area contributed by atoms with Gasteiger partial charge in [-0.05, 0) is 33.2 Å². The van der Waals surface area contributed by atoms with Crippen LogP contribution in [-0.4, -0.2) is 38.8 Å². The van der Waals surface area contributed by atoms with Gasteiger partial charge in [0.15, 0.2) is 0 Å². The van der Waals surface area contributed by atoms with E-state index in [-0.39, 0.29) is 0 Å². The molecule has 0 saturated heterocycles. The van der Waals surface area contributed by atoms with E-state index in [4.69, 9.17) is 22.4 Å². The second kappa shape index (κ2) is 9.33. The topological polar surface area (TPSA) is 72.8 Å². The molecular formula is C19H19F3O5S. The minimum atomic E-state index is -5.84. The maximum absolute atomic E-state index is 10.7. The van der Waals surface area contributed by atoms with E-state index in [1.54, 1.807) is 7.11 Å². The third kappa shape index (κ3) is 5.65. The summed E-state index contributed by atoms with van der Waals surface area (Å²) in [7, 11) is -4.15. The van der Waals surface area contributed by atoms with Gasteiger partial charge in [-0.3, -0.25) is 4.55 Å². The first-order valence-corrected chi connectivity index (χ1v) is 9.59. The lowest BCUT2D eigenvalue weighted by atomic mass is 9.97. The highest BCUT2D eigenvalue weighted by molar-refractivity contribution is 7.86. The Kier molecular flexibility index (Phi) is 7.36. The summed E-state index contributed by atoms with van der Waals surface area (Å²) >= 11 is 0. The number of alkyl halides is 3.